The summed E-state index contributed by atoms with van der Waals surface area (Å²) in [6.45, 7) is 3.34. The van der Waals surface area contributed by atoms with Crippen molar-refractivity contribution in [3.63, 3.8) is 0 Å². The summed E-state index contributed by atoms with van der Waals surface area (Å²) >= 11 is 0. The monoisotopic (exact) mass is 353 g/mol. The molecule has 2 N–H and O–H groups in total. The van der Waals surface area contributed by atoms with Crippen LogP contribution in [0.15, 0.2) is 48.5 Å². The van der Waals surface area contributed by atoms with E-state index >= 15 is 0 Å². The number of hydrogen-bond acceptors (Lipinski definition) is 2. The molecule has 0 radical (unpaired) electrons. The first kappa shape index (κ1) is 17.0. The normalized spacial score (nSPS) is 22.1. The van der Waals surface area contributed by atoms with Crippen LogP contribution < -0.4 is 10.6 Å². The number of nitrogens with one attached hydrogen (secondary N) is 2. The Morgan fingerprint density at radius 1 is 1.19 bits per heavy atom. The topological polar surface area (TPSA) is 44.4 Å². The maximum atomic E-state index is 13.4. The van der Waals surface area contributed by atoms with Crippen molar-refractivity contribution in [2.24, 2.45) is 5.92 Å². The molecule has 2 heterocycles. The zero-order valence-electron chi connectivity index (χ0n) is 14.7. The first-order chi connectivity index (χ1) is 12.7. The molecule has 2 aromatic rings. The Kier molecular flexibility index (Phi) is 4.89. The van der Waals surface area contributed by atoms with Crippen molar-refractivity contribution in [3.8, 4) is 0 Å². The zero-order valence-corrected chi connectivity index (χ0v) is 14.7. The summed E-state index contributed by atoms with van der Waals surface area (Å²) in [6.07, 6.45) is 1.94. The van der Waals surface area contributed by atoms with E-state index in [1.54, 1.807) is 12.1 Å². The zero-order chi connectivity index (χ0) is 17.9. The fourth-order valence-corrected chi connectivity index (χ4v) is 4.01. The van der Waals surface area contributed by atoms with Gasteiger partial charge in [-0.15, -0.1) is 0 Å². The second kappa shape index (κ2) is 7.46. The van der Waals surface area contributed by atoms with E-state index in [1.165, 1.54) is 17.7 Å². The lowest BCUT2D eigenvalue weighted by Gasteiger charge is -2.38. The summed E-state index contributed by atoms with van der Waals surface area (Å²) < 4.78 is 13.4. The van der Waals surface area contributed by atoms with Gasteiger partial charge < -0.3 is 15.5 Å². The van der Waals surface area contributed by atoms with E-state index in [2.05, 4.69) is 22.8 Å². The molecule has 2 aliphatic rings. The SMILES string of the molecule is O=C(NC[C@@H]1CCNC1)N1CCc2ccccc2[C@H]1c1ccc(F)cc1. The van der Waals surface area contributed by atoms with Gasteiger partial charge in [0.15, 0.2) is 0 Å². The first-order valence-corrected chi connectivity index (χ1v) is 9.31. The third-order valence-electron chi connectivity index (χ3n) is 5.43. The molecule has 136 valence electrons. The molecule has 2 aromatic carbocycles. The molecule has 0 aromatic heterocycles. The predicted molar refractivity (Wildman–Crippen MR) is 99.5 cm³/mol. The van der Waals surface area contributed by atoms with Gasteiger partial charge in [0, 0.05) is 13.1 Å². The fraction of sp³-hybridized carbons (Fsp3) is 0.381. The Bertz CT molecular complexity index is 771. The minimum absolute atomic E-state index is 0.0410. The highest BCUT2D eigenvalue weighted by molar-refractivity contribution is 5.76. The largest absolute Gasteiger partial charge is 0.338 e. The van der Waals surface area contributed by atoms with Crippen LogP contribution in [0.1, 0.15) is 29.2 Å². The summed E-state index contributed by atoms with van der Waals surface area (Å²) in [5, 5.41) is 6.44. The van der Waals surface area contributed by atoms with E-state index < -0.39 is 0 Å². The van der Waals surface area contributed by atoms with Crippen molar-refractivity contribution in [2.75, 3.05) is 26.2 Å². The lowest BCUT2D eigenvalue weighted by molar-refractivity contribution is 0.178. The molecule has 0 saturated carbocycles. The second-order valence-corrected chi connectivity index (χ2v) is 7.14. The lowest BCUT2D eigenvalue weighted by Crippen LogP contribution is -2.47. The summed E-state index contributed by atoms with van der Waals surface area (Å²) in [5.74, 6) is 0.239. The average molecular weight is 353 g/mol. The number of benzene rings is 2. The fourth-order valence-electron chi connectivity index (χ4n) is 4.01. The van der Waals surface area contributed by atoms with Gasteiger partial charge in [-0.05, 0) is 60.7 Å². The highest BCUT2D eigenvalue weighted by Gasteiger charge is 2.32. The van der Waals surface area contributed by atoms with Crippen molar-refractivity contribution < 1.29 is 9.18 Å². The van der Waals surface area contributed by atoms with Gasteiger partial charge in [0.1, 0.15) is 5.82 Å². The molecule has 5 heteroatoms. The Balaban J connectivity index is 1.59. The van der Waals surface area contributed by atoms with Crippen LogP contribution in [0.5, 0.6) is 0 Å². The van der Waals surface area contributed by atoms with Crippen molar-refractivity contribution in [1.29, 1.82) is 0 Å². The third kappa shape index (κ3) is 3.44. The number of hydrogen-bond donors (Lipinski definition) is 2. The van der Waals surface area contributed by atoms with Crippen LogP contribution in [0.3, 0.4) is 0 Å². The van der Waals surface area contributed by atoms with Crippen LogP contribution in [-0.4, -0.2) is 37.1 Å². The molecule has 0 aliphatic carbocycles. The van der Waals surface area contributed by atoms with Crippen LogP contribution in [0.2, 0.25) is 0 Å². The van der Waals surface area contributed by atoms with Crippen LogP contribution in [0.4, 0.5) is 9.18 Å². The Labute approximate surface area is 153 Å². The van der Waals surface area contributed by atoms with Crippen molar-refractivity contribution >= 4 is 6.03 Å². The highest BCUT2D eigenvalue weighted by atomic mass is 19.1. The van der Waals surface area contributed by atoms with Crippen molar-refractivity contribution in [1.82, 2.24) is 15.5 Å². The van der Waals surface area contributed by atoms with Gasteiger partial charge in [-0.2, -0.15) is 0 Å². The van der Waals surface area contributed by atoms with Gasteiger partial charge in [0.05, 0.1) is 6.04 Å². The van der Waals surface area contributed by atoms with Crippen LogP contribution in [0, 0.1) is 11.7 Å². The van der Waals surface area contributed by atoms with E-state index in [4.69, 9.17) is 0 Å². The summed E-state index contributed by atoms with van der Waals surface area (Å²) in [6, 6.07) is 14.5. The number of nitrogens with zero attached hydrogens (tertiary/aromatic N) is 1. The second-order valence-electron chi connectivity index (χ2n) is 7.14. The van der Waals surface area contributed by atoms with Crippen LogP contribution >= 0.6 is 0 Å². The number of fused-ring (bicyclic) bond motifs is 1. The average Bonchev–Trinajstić information content (AvgIpc) is 3.19. The number of rotatable bonds is 3. The molecule has 2 amide bonds. The quantitative estimate of drug-likeness (QED) is 0.891. The molecule has 1 saturated heterocycles. The van der Waals surface area contributed by atoms with Gasteiger partial charge in [-0.3, -0.25) is 0 Å². The third-order valence-corrected chi connectivity index (χ3v) is 5.43. The van der Waals surface area contributed by atoms with Gasteiger partial charge in [-0.25, -0.2) is 9.18 Å². The molecule has 0 spiro atoms. The molecular weight excluding hydrogens is 329 g/mol. The standard InChI is InChI=1S/C21H24FN3O/c22-18-7-5-17(6-8-18)20-19-4-2-1-3-16(19)10-12-25(20)21(26)24-14-15-9-11-23-13-15/h1-8,15,20,23H,9-14H2,(H,24,26)/t15-,20-/m1/s1. The Morgan fingerprint density at radius 2 is 2.00 bits per heavy atom. The number of carbonyl (C=O) groups excluding carboxylic acids is 1. The van der Waals surface area contributed by atoms with Crippen molar-refractivity contribution in [3.05, 3.63) is 71.0 Å². The predicted octanol–water partition coefficient (Wildman–Crippen LogP) is 3.09. The van der Waals surface area contributed by atoms with Gasteiger partial charge >= 0.3 is 6.03 Å². The maximum absolute atomic E-state index is 13.4. The van der Waals surface area contributed by atoms with E-state index in [1.807, 2.05) is 17.0 Å². The number of halogens is 1. The highest BCUT2D eigenvalue weighted by Crippen LogP contribution is 2.35. The van der Waals surface area contributed by atoms with Gasteiger partial charge in [-0.1, -0.05) is 36.4 Å². The van der Waals surface area contributed by atoms with E-state index in [0.29, 0.717) is 19.0 Å². The molecular formula is C21H24FN3O. The van der Waals surface area contributed by atoms with E-state index in [-0.39, 0.29) is 17.9 Å². The molecule has 0 unspecified atom stereocenters. The molecule has 4 rings (SSSR count). The minimum Gasteiger partial charge on any atom is -0.338 e. The molecule has 0 bridgehead atoms. The smallest absolute Gasteiger partial charge is 0.318 e. The first-order valence-electron chi connectivity index (χ1n) is 9.31. The molecule has 26 heavy (non-hydrogen) atoms. The Hall–Kier alpha value is -2.40. The molecule has 4 nitrogen and oxygen atoms in total. The molecule has 1 fully saturated rings. The van der Waals surface area contributed by atoms with E-state index in [0.717, 1.165) is 37.1 Å². The number of urea groups is 1. The van der Waals surface area contributed by atoms with E-state index in [9.17, 15) is 9.18 Å². The number of amides is 2. The Morgan fingerprint density at radius 3 is 2.77 bits per heavy atom. The van der Waals surface area contributed by atoms with Crippen molar-refractivity contribution in [2.45, 2.75) is 18.9 Å². The molecule has 2 aliphatic heterocycles. The number of carbonyl (C=O) groups is 1. The lowest BCUT2D eigenvalue weighted by atomic mass is 9.88. The molecule has 2 atom stereocenters. The summed E-state index contributed by atoms with van der Waals surface area (Å²) in [5.41, 5.74) is 3.32. The summed E-state index contributed by atoms with van der Waals surface area (Å²) in [4.78, 5) is 14.8. The summed E-state index contributed by atoms with van der Waals surface area (Å²) in [7, 11) is 0. The van der Waals surface area contributed by atoms with Gasteiger partial charge in [0.25, 0.3) is 0 Å². The van der Waals surface area contributed by atoms with Crippen LogP contribution in [0.25, 0.3) is 0 Å². The maximum Gasteiger partial charge on any atom is 0.318 e. The van der Waals surface area contributed by atoms with Crippen LogP contribution in [-0.2, 0) is 6.42 Å². The van der Waals surface area contributed by atoms with Gasteiger partial charge in [0.2, 0.25) is 0 Å². The minimum atomic E-state index is -0.262.